The van der Waals surface area contributed by atoms with Gasteiger partial charge in [-0.05, 0) is 48.9 Å². The van der Waals surface area contributed by atoms with E-state index in [1.165, 1.54) is 18.2 Å². The largest absolute Gasteiger partial charge is 0.314 e. The predicted molar refractivity (Wildman–Crippen MR) is 87.2 cm³/mol. The minimum absolute atomic E-state index is 0.00825. The third-order valence-electron chi connectivity index (χ3n) is 3.72. The second kappa shape index (κ2) is 5.85. The van der Waals surface area contributed by atoms with E-state index in [9.17, 15) is 17.2 Å². The number of benzene rings is 2. The van der Waals surface area contributed by atoms with E-state index in [4.69, 9.17) is 5.14 Å². The number of rotatable bonds is 3. The lowest BCUT2D eigenvalue weighted by Crippen LogP contribution is -2.11. The Morgan fingerprint density at radius 1 is 0.917 bits per heavy atom. The number of sulfonamides is 1. The van der Waals surface area contributed by atoms with Crippen molar-refractivity contribution in [3.05, 3.63) is 71.9 Å². The fraction of sp³-hybridized carbons (Fsp3) is 0.0588. The molecule has 4 nitrogen and oxygen atoms in total. The molecule has 24 heavy (non-hydrogen) atoms. The van der Waals surface area contributed by atoms with Gasteiger partial charge in [-0.2, -0.15) is 0 Å². The van der Waals surface area contributed by atoms with E-state index in [1.807, 2.05) is 19.1 Å². The molecule has 0 fully saturated rings. The summed E-state index contributed by atoms with van der Waals surface area (Å²) < 4.78 is 51.2. The molecule has 2 N–H and O–H groups in total. The third kappa shape index (κ3) is 2.95. The zero-order valence-corrected chi connectivity index (χ0v) is 13.5. The van der Waals surface area contributed by atoms with Crippen LogP contribution in [0, 0.1) is 18.6 Å². The van der Waals surface area contributed by atoms with Crippen LogP contribution in [0.2, 0.25) is 0 Å². The van der Waals surface area contributed by atoms with Crippen molar-refractivity contribution < 1.29 is 17.2 Å². The summed E-state index contributed by atoms with van der Waals surface area (Å²) in [4.78, 5) is 0.00825. The first-order valence-electron chi connectivity index (χ1n) is 7.04. The summed E-state index contributed by atoms with van der Waals surface area (Å²) in [5.41, 5.74) is 2.74. The van der Waals surface area contributed by atoms with Gasteiger partial charge in [0.05, 0.1) is 10.6 Å². The number of primary sulfonamides is 1. The summed E-state index contributed by atoms with van der Waals surface area (Å²) in [5, 5.41) is 5.09. The fourth-order valence-corrected chi connectivity index (χ4v) is 3.06. The SMILES string of the molecule is Cc1ccc(-c2ccc(S(N)(=O)=O)cc2)n1-c1ccc(F)c(F)c1. The van der Waals surface area contributed by atoms with E-state index in [0.29, 0.717) is 5.69 Å². The van der Waals surface area contributed by atoms with E-state index in [1.54, 1.807) is 16.7 Å². The van der Waals surface area contributed by atoms with Crippen molar-refractivity contribution in [2.45, 2.75) is 11.8 Å². The van der Waals surface area contributed by atoms with Gasteiger partial charge < -0.3 is 4.57 Å². The number of nitrogens with two attached hydrogens (primary N) is 1. The lowest BCUT2D eigenvalue weighted by molar-refractivity contribution is 0.508. The molecule has 0 atom stereocenters. The van der Waals surface area contributed by atoms with Gasteiger partial charge in [0.25, 0.3) is 0 Å². The maximum Gasteiger partial charge on any atom is 0.238 e. The Labute approximate surface area is 138 Å². The highest BCUT2D eigenvalue weighted by Gasteiger charge is 2.13. The second-order valence-corrected chi connectivity index (χ2v) is 6.92. The third-order valence-corrected chi connectivity index (χ3v) is 4.65. The molecular weight excluding hydrogens is 334 g/mol. The smallest absolute Gasteiger partial charge is 0.238 e. The number of aryl methyl sites for hydroxylation is 1. The number of halogens is 2. The Kier molecular flexibility index (Phi) is 3.98. The minimum atomic E-state index is -3.77. The first-order chi connectivity index (χ1) is 11.3. The lowest BCUT2D eigenvalue weighted by Gasteiger charge is -2.13. The predicted octanol–water partition coefficient (Wildman–Crippen LogP) is 3.38. The molecule has 0 aliphatic heterocycles. The van der Waals surface area contributed by atoms with Crippen molar-refractivity contribution in [2.24, 2.45) is 5.14 Å². The van der Waals surface area contributed by atoms with Crippen LogP contribution in [0.4, 0.5) is 8.78 Å². The van der Waals surface area contributed by atoms with Gasteiger partial charge in [-0.15, -0.1) is 0 Å². The van der Waals surface area contributed by atoms with Crippen molar-refractivity contribution in [2.75, 3.05) is 0 Å². The molecule has 0 unspecified atom stereocenters. The number of hydrogen-bond acceptors (Lipinski definition) is 2. The number of aromatic nitrogens is 1. The van der Waals surface area contributed by atoms with Gasteiger partial charge in [-0.25, -0.2) is 22.3 Å². The van der Waals surface area contributed by atoms with Crippen LogP contribution in [-0.2, 0) is 10.0 Å². The maximum atomic E-state index is 13.6. The Morgan fingerprint density at radius 3 is 2.17 bits per heavy atom. The summed E-state index contributed by atoms with van der Waals surface area (Å²) in [6.07, 6.45) is 0. The van der Waals surface area contributed by atoms with Crippen LogP contribution < -0.4 is 5.14 Å². The van der Waals surface area contributed by atoms with Crippen molar-refractivity contribution in [1.29, 1.82) is 0 Å². The van der Waals surface area contributed by atoms with Crippen LogP contribution in [0.1, 0.15) is 5.69 Å². The zero-order valence-electron chi connectivity index (χ0n) is 12.7. The molecule has 1 aromatic heterocycles. The Hall–Kier alpha value is -2.51. The monoisotopic (exact) mass is 348 g/mol. The Morgan fingerprint density at radius 2 is 1.58 bits per heavy atom. The molecule has 3 rings (SSSR count). The molecule has 3 aromatic rings. The van der Waals surface area contributed by atoms with Gasteiger partial charge in [0, 0.05) is 17.4 Å². The average molecular weight is 348 g/mol. The second-order valence-electron chi connectivity index (χ2n) is 5.36. The molecule has 2 aromatic carbocycles. The fourth-order valence-electron chi connectivity index (χ4n) is 2.55. The Balaban J connectivity index is 2.12. The highest BCUT2D eigenvalue weighted by molar-refractivity contribution is 7.89. The average Bonchev–Trinajstić information content (AvgIpc) is 2.91. The lowest BCUT2D eigenvalue weighted by atomic mass is 10.1. The summed E-state index contributed by atoms with van der Waals surface area (Å²) in [6, 6.07) is 13.4. The van der Waals surface area contributed by atoms with Gasteiger partial charge in [0.1, 0.15) is 0 Å². The molecule has 7 heteroatoms. The standard InChI is InChI=1S/C17H14F2N2O2S/c1-11-2-9-17(12-3-6-14(7-4-12)24(20,22)23)21(11)13-5-8-15(18)16(19)10-13/h2-10H,1H3,(H2,20,22,23). The van der Waals surface area contributed by atoms with Crippen molar-refractivity contribution >= 4 is 10.0 Å². The topological polar surface area (TPSA) is 65.1 Å². The van der Waals surface area contributed by atoms with E-state index in [-0.39, 0.29) is 4.90 Å². The number of nitrogens with zero attached hydrogens (tertiary/aromatic N) is 1. The van der Waals surface area contributed by atoms with Crippen LogP contribution in [-0.4, -0.2) is 13.0 Å². The maximum absolute atomic E-state index is 13.6. The molecule has 0 radical (unpaired) electrons. The van der Waals surface area contributed by atoms with Crippen LogP contribution >= 0.6 is 0 Å². The van der Waals surface area contributed by atoms with Crippen molar-refractivity contribution in [3.63, 3.8) is 0 Å². The molecule has 0 saturated heterocycles. The molecular formula is C17H14F2N2O2S. The molecule has 0 aliphatic rings. The van der Waals surface area contributed by atoms with Gasteiger partial charge >= 0.3 is 0 Å². The first-order valence-corrected chi connectivity index (χ1v) is 8.59. The minimum Gasteiger partial charge on any atom is -0.314 e. The molecule has 0 aliphatic carbocycles. The zero-order chi connectivity index (χ0) is 17.5. The summed E-state index contributed by atoms with van der Waals surface area (Å²) in [5.74, 6) is -1.85. The molecule has 0 saturated carbocycles. The highest BCUT2D eigenvalue weighted by Crippen LogP contribution is 2.28. The van der Waals surface area contributed by atoms with Crippen molar-refractivity contribution in [3.8, 4) is 16.9 Å². The molecule has 0 bridgehead atoms. The van der Waals surface area contributed by atoms with E-state index >= 15 is 0 Å². The van der Waals surface area contributed by atoms with Crippen molar-refractivity contribution in [1.82, 2.24) is 4.57 Å². The molecule has 1 heterocycles. The van der Waals surface area contributed by atoms with E-state index in [0.717, 1.165) is 29.1 Å². The first kappa shape index (κ1) is 16.4. The van der Waals surface area contributed by atoms with Gasteiger partial charge in [-0.1, -0.05) is 12.1 Å². The molecule has 0 amide bonds. The molecule has 0 spiro atoms. The highest BCUT2D eigenvalue weighted by atomic mass is 32.2. The number of hydrogen-bond donors (Lipinski definition) is 1. The van der Waals surface area contributed by atoms with Crippen LogP contribution in [0.3, 0.4) is 0 Å². The van der Waals surface area contributed by atoms with Gasteiger partial charge in [0.2, 0.25) is 10.0 Å². The molecule has 124 valence electrons. The van der Waals surface area contributed by atoms with Gasteiger partial charge in [0.15, 0.2) is 11.6 Å². The Bertz CT molecular complexity index is 1010. The van der Waals surface area contributed by atoms with Gasteiger partial charge in [-0.3, -0.25) is 0 Å². The van der Waals surface area contributed by atoms with Crippen LogP contribution in [0.5, 0.6) is 0 Å². The summed E-state index contributed by atoms with van der Waals surface area (Å²) in [6.45, 7) is 1.84. The quantitative estimate of drug-likeness (QED) is 0.789. The van der Waals surface area contributed by atoms with Crippen LogP contribution in [0.25, 0.3) is 16.9 Å². The van der Waals surface area contributed by atoms with E-state index < -0.39 is 21.7 Å². The van der Waals surface area contributed by atoms with E-state index in [2.05, 4.69) is 0 Å². The summed E-state index contributed by atoms with van der Waals surface area (Å²) >= 11 is 0. The van der Waals surface area contributed by atoms with Crippen LogP contribution in [0.15, 0.2) is 59.5 Å². The summed E-state index contributed by atoms with van der Waals surface area (Å²) in [7, 11) is -3.77. The normalized spacial score (nSPS) is 11.7.